The number of ether oxygens (including phenoxy) is 4. The zero-order chi connectivity index (χ0) is 18.6. The molecular weight excluding hydrogens is 334 g/mol. The summed E-state index contributed by atoms with van der Waals surface area (Å²) < 4.78 is 22.0. The van der Waals surface area contributed by atoms with Crippen LogP contribution in [0.15, 0.2) is 23.2 Å². The number of nitrogens with zero attached hydrogens (tertiary/aromatic N) is 1. The van der Waals surface area contributed by atoms with E-state index < -0.39 is 0 Å². The first-order valence-electron chi connectivity index (χ1n) is 9.12. The summed E-state index contributed by atoms with van der Waals surface area (Å²) in [4.78, 5) is 4.24. The lowest BCUT2D eigenvalue weighted by atomic mass is 10.2. The van der Waals surface area contributed by atoms with E-state index in [0.717, 1.165) is 55.4 Å². The first kappa shape index (κ1) is 20.3. The summed E-state index contributed by atoms with van der Waals surface area (Å²) >= 11 is 0. The number of guanidine groups is 1. The van der Waals surface area contributed by atoms with Gasteiger partial charge in [-0.05, 0) is 25.3 Å². The molecule has 0 aromatic heterocycles. The minimum absolute atomic E-state index is 0.287. The standard InChI is InChI=1S/C19H31N3O4/c1-20-19(21-10-6-11-25-14-16-8-5-12-26-16)22-13-15-7-4-9-17(23-2)18(15)24-3/h4,7,9,16H,5-6,8,10-14H2,1-3H3,(H2,20,21,22). The molecule has 1 saturated heterocycles. The van der Waals surface area contributed by atoms with Crippen LogP contribution in [0.2, 0.25) is 0 Å². The molecule has 0 amide bonds. The smallest absolute Gasteiger partial charge is 0.191 e. The van der Waals surface area contributed by atoms with Crippen LogP contribution in [0.25, 0.3) is 0 Å². The molecule has 7 nitrogen and oxygen atoms in total. The SMILES string of the molecule is CN=C(NCCCOCC1CCCO1)NCc1cccc(OC)c1OC. The molecular formula is C19H31N3O4. The fourth-order valence-corrected chi connectivity index (χ4v) is 2.86. The van der Waals surface area contributed by atoms with E-state index in [2.05, 4.69) is 15.6 Å². The number of para-hydroxylation sites is 1. The Morgan fingerprint density at radius 2 is 2.15 bits per heavy atom. The van der Waals surface area contributed by atoms with Gasteiger partial charge in [-0.15, -0.1) is 0 Å². The van der Waals surface area contributed by atoms with Crippen LogP contribution in [-0.2, 0) is 16.0 Å². The van der Waals surface area contributed by atoms with Gasteiger partial charge in [0.05, 0.1) is 26.9 Å². The van der Waals surface area contributed by atoms with Crippen molar-refractivity contribution < 1.29 is 18.9 Å². The second kappa shape index (κ2) is 11.6. The average Bonchev–Trinajstić information content (AvgIpc) is 3.19. The van der Waals surface area contributed by atoms with Gasteiger partial charge >= 0.3 is 0 Å². The highest BCUT2D eigenvalue weighted by Gasteiger charge is 2.15. The zero-order valence-electron chi connectivity index (χ0n) is 16.0. The molecule has 1 heterocycles. The summed E-state index contributed by atoms with van der Waals surface area (Å²) in [7, 11) is 5.04. The van der Waals surface area contributed by atoms with Gasteiger partial charge in [0.2, 0.25) is 0 Å². The Morgan fingerprint density at radius 1 is 1.27 bits per heavy atom. The second-order valence-electron chi connectivity index (χ2n) is 6.07. The lowest BCUT2D eigenvalue weighted by Gasteiger charge is -2.15. The number of hydrogen-bond donors (Lipinski definition) is 2. The topological polar surface area (TPSA) is 73.3 Å². The number of hydrogen-bond acceptors (Lipinski definition) is 5. The van der Waals surface area contributed by atoms with E-state index in [1.807, 2.05) is 18.2 Å². The fourth-order valence-electron chi connectivity index (χ4n) is 2.86. The first-order valence-corrected chi connectivity index (χ1v) is 9.12. The van der Waals surface area contributed by atoms with E-state index in [1.54, 1.807) is 21.3 Å². The third kappa shape index (κ3) is 6.38. The summed E-state index contributed by atoms with van der Waals surface area (Å²) in [6.07, 6.45) is 3.46. The van der Waals surface area contributed by atoms with E-state index >= 15 is 0 Å². The van der Waals surface area contributed by atoms with Gasteiger partial charge < -0.3 is 29.6 Å². The van der Waals surface area contributed by atoms with Crippen LogP contribution in [0.4, 0.5) is 0 Å². The molecule has 0 spiro atoms. The molecule has 1 aliphatic rings. The minimum atomic E-state index is 0.287. The van der Waals surface area contributed by atoms with Gasteiger partial charge in [-0.25, -0.2) is 0 Å². The number of benzene rings is 1. The zero-order valence-corrected chi connectivity index (χ0v) is 16.0. The Labute approximate surface area is 156 Å². The molecule has 2 N–H and O–H groups in total. The van der Waals surface area contributed by atoms with Crippen LogP contribution in [-0.4, -0.2) is 59.7 Å². The van der Waals surface area contributed by atoms with Crippen molar-refractivity contribution in [3.8, 4) is 11.5 Å². The van der Waals surface area contributed by atoms with Gasteiger partial charge in [-0.3, -0.25) is 4.99 Å². The maximum atomic E-state index is 5.66. The van der Waals surface area contributed by atoms with Gasteiger partial charge in [0, 0.05) is 38.9 Å². The summed E-state index contributed by atoms with van der Waals surface area (Å²) in [6, 6.07) is 5.83. The van der Waals surface area contributed by atoms with Crippen molar-refractivity contribution in [2.75, 3.05) is 47.6 Å². The molecule has 1 atom stereocenters. The van der Waals surface area contributed by atoms with Crippen molar-refractivity contribution in [3.63, 3.8) is 0 Å². The minimum Gasteiger partial charge on any atom is -0.493 e. The number of nitrogens with one attached hydrogen (secondary N) is 2. The van der Waals surface area contributed by atoms with E-state index in [-0.39, 0.29) is 6.10 Å². The highest BCUT2D eigenvalue weighted by Crippen LogP contribution is 2.30. The normalized spacial score (nSPS) is 17.2. The molecule has 26 heavy (non-hydrogen) atoms. The maximum Gasteiger partial charge on any atom is 0.191 e. The van der Waals surface area contributed by atoms with E-state index in [1.165, 1.54) is 0 Å². The van der Waals surface area contributed by atoms with Gasteiger partial charge in [0.25, 0.3) is 0 Å². The third-order valence-corrected chi connectivity index (χ3v) is 4.24. The number of methoxy groups -OCH3 is 2. The van der Waals surface area contributed by atoms with Crippen molar-refractivity contribution >= 4 is 5.96 Å². The van der Waals surface area contributed by atoms with Crippen molar-refractivity contribution in [2.45, 2.75) is 31.9 Å². The summed E-state index contributed by atoms with van der Waals surface area (Å²) in [5, 5.41) is 6.58. The molecule has 0 aliphatic carbocycles. The molecule has 0 bridgehead atoms. The van der Waals surface area contributed by atoms with Crippen LogP contribution in [0, 0.1) is 0 Å². The molecule has 0 saturated carbocycles. The Kier molecular flexibility index (Phi) is 9.06. The molecule has 1 aromatic rings. The average molecular weight is 365 g/mol. The highest BCUT2D eigenvalue weighted by molar-refractivity contribution is 5.79. The van der Waals surface area contributed by atoms with Crippen LogP contribution in [0.3, 0.4) is 0 Å². The van der Waals surface area contributed by atoms with E-state index in [9.17, 15) is 0 Å². The number of rotatable bonds is 10. The lowest BCUT2D eigenvalue weighted by molar-refractivity contribution is 0.0168. The third-order valence-electron chi connectivity index (χ3n) is 4.24. The molecule has 1 unspecified atom stereocenters. The molecule has 1 aliphatic heterocycles. The quantitative estimate of drug-likeness (QED) is 0.375. The largest absolute Gasteiger partial charge is 0.493 e. The number of aliphatic imine (C=N–C) groups is 1. The molecule has 1 aromatic carbocycles. The first-order chi connectivity index (χ1) is 12.8. The Bertz CT molecular complexity index is 560. The van der Waals surface area contributed by atoms with Crippen molar-refractivity contribution in [2.24, 2.45) is 4.99 Å². The highest BCUT2D eigenvalue weighted by atomic mass is 16.5. The molecule has 7 heteroatoms. The second-order valence-corrected chi connectivity index (χ2v) is 6.07. The van der Waals surface area contributed by atoms with Gasteiger partial charge in [-0.1, -0.05) is 12.1 Å². The van der Waals surface area contributed by atoms with Crippen LogP contribution < -0.4 is 20.1 Å². The summed E-state index contributed by atoms with van der Waals surface area (Å²) in [6.45, 7) is 3.67. The Hall–Kier alpha value is -1.99. The maximum absolute atomic E-state index is 5.66. The predicted octanol–water partition coefficient (Wildman–Crippen LogP) is 1.95. The molecule has 0 radical (unpaired) electrons. The summed E-state index contributed by atoms with van der Waals surface area (Å²) in [5.41, 5.74) is 1.01. The lowest BCUT2D eigenvalue weighted by Crippen LogP contribution is -2.37. The van der Waals surface area contributed by atoms with E-state index in [4.69, 9.17) is 18.9 Å². The fraction of sp³-hybridized carbons (Fsp3) is 0.632. The van der Waals surface area contributed by atoms with Crippen LogP contribution >= 0.6 is 0 Å². The molecule has 2 rings (SSSR count). The predicted molar refractivity (Wildman–Crippen MR) is 102 cm³/mol. The van der Waals surface area contributed by atoms with Crippen molar-refractivity contribution in [1.82, 2.24) is 10.6 Å². The monoisotopic (exact) mass is 365 g/mol. The van der Waals surface area contributed by atoms with Crippen LogP contribution in [0.1, 0.15) is 24.8 Å². The molecule has 1 fully saturated rings. The van der Waals surface area contributed by atoms with Gasteiger partial charge in [-0.2, -0.15) is 0 Å². The van der Waals surface area contributed by atoms with Gasteiger partial charge in [0.1, 0.15) is 0 Å². The van der Waals surface area contributed by atoms with E-state index in [0.29, 0.717) is 19.8 Å². The molecule has 146 valence electrons. The Morgan fingerprint density at radius 3 is 2.85 bits per heavy atom. The van der Waals surface area contributed by atoms with Crippen molar-refractivity contribution in [3.05, 3.63) is 23.8 Å². The Balaban J connectivity index is 1.66. The van der Waals surface area contributed by atoms with Crippen molar-refractivity contribution in [1.29, 1.82) is 0 Å². The van der Waals surface area contributed by atoms with Gasteiger partial charge in [0.15, 0.2) is 17.5 Å². The van der Waals surface area contributed by atoms with Crippen LogP contribution in [0.5, 0.6) is 11.5 Å². The summed E-state index contributed by atoms with van der Waals surface area (Å²) in [5.74, 6) is 2.20.